The Labute approximate surface area is 279 Å². The summed E-state index contributed by atoms with van der Waals surface area (Å²) in [7, 11) is 2.24. The minimum atomic E-state index is 0.0628. The van der Waals surface area contributed by atoms with Gasteiger partial charge in [-0.3, -0.25) is 0 Å². The van der Waals surface area contributed by atoms with Crippen molar-refractivity contribution >= 4 is 65.5 Å². The first-order valence-electron chi connectivity index (χ1n) is 16.7. The minimum absolute atomic E-state index is 0.0628. The second-order valence-electron chi connectivity index (χ2n) is 13.1. The molecule has 228 valence electrons. The fraction of sp³-hybridized carbons (Fsp3) is 0.0667. The number of fused-ring (bicyclic) bond motifs is 9. The molecule has 2 atom stereocenters. The van der Waals surface area contributed by atoms with E-state index < -0.39 is 0 Å². The minimum Gasteiger partial charge on any atom is -0.374 e. The molecule has 9 aromatic rings. The van der Waals surface area contributed by atoms with Gasteiger partial charge in [0.15, 0.2) is 0 Å². The molecule has 0 aliphatic carbocycles. The van der Waals surface area contributed by atoms with E-state index in [0.29, 0.717) is 0 Å². The summed E-state index contributed by atoms with van der Waals surface area (Å²) < 4.78 is 2.45. The first-order valence-corrected chi connectivity index (χ1v) is 16.7. The monoisotopic (exact) mass is 615 g/mol. The van der Waals surface area contributed by atoms with Gasteiger partial charge in [0.25, 0.3) is 0 Å². The van der Waals surface area contributed by atoms with Gasteiger partial charge in [0.2, 0.25) is 0 Å². The number of para-hydroxylation sites is 2. The number of rotatable bonds is 3. The summed E-state index contributed by atoms with van der Waals surface area (Å²) in [4.78, 5) is 2.45. The van der Waals surface area contributed by atoms with E-state index in [1.165, 1.54) is 70.9 Å². The van der Waals surface area contributed by atoms with Crippen LogP contribution in [0.4, 0.5) is 11.4 Å². The topological polar surface area (TPSA) is 20.2 Å². The number of likely N-dealkylation sites (N-methyl/N-ethyl adjacent to an activating group) is 1. The van der Waals surface area contributed by atoms with Crippen LogP contribution in [0.2, 0.25) is 0 Å². The Bertz CT molecular complexity index is 2590. The van der Waals surface area contributed by atoms with Crippen LogP contribution in [0.1, 0.15) is 23.2 Å². The SMILES string of the molecule is CN1c2ccccc2NC(c2cccc3ccccc23)C1c1ccc(-n2c3ccc4ccccc4c3c3c4ccccc4ccc32)cc1. The van der Waals surface area contributed by atoms with E-state index in [4.69, 9.17) is 0 Å². The van der Waals surface area contributed by atoms with Crippen molar-refractivity contribution in [1.82, 2.24) is 4.57 Å². The number of benzene rings is 8. The van der Waals surface area contributed by atoms with Crippen molar-refractivity contribution < 1.29 is 0 Å². The van der Waals surface area contributed by atoms with Crippen molar-refractivity contribution in [3.8, 4) is 5.69 Å². The second kappa shape index (κ2) is 10.5. The maximum Gasteiger partial charge on any atom is 0.0783 e. The van der Waals surface area contributed by atoms with E-state index in [-0.39, 0.29) is 12.1 Å². The molecule has 1 aliphatic heterocycles. The van der Waals surface area contributed by atoms with Crippen LogP contribution in [0.15, 0.2) is 164 Å². The van der Waals surface area contributed by atoms with Crippen molar-refractivity contribution in [2.24, 2.45) is 0 Å². The third kappa shape index (κ3) is 3.94. The standard InChI is InChI=1S/C45H33N3/c1-47-39-20-9-8-19-38(39)46-44(37-18-10-14-29-11-2-5-15-34(29)37)45(47)32-21-25-33(26-22-32)48-40-27-23-30-12-3-6-16-35(30)42(40)43-36-17-7-4-13-31(36)24-28-41(43)48/h2-28,44-46H,1H3. The summed E-state index contributed by atoms with van der Waals surface area (Å²) >= 11 is 0. The van der Waals surface area contributed by atoms with Gasteiger partial charge in [-0.15, -0.1) is 0 Å². The van der Waals surface area contributed by atoms with Crippen LogP contribution in [0, 0.1) is 0 Å². The Kier molecular flexibility index (Phi) is 5.91. The van der Waals surface area contributed by atoms with Crippen molar-refractivity contribution in [2.45, 2.75) is 12.1 Å². The lowest BCUT2D eigenvalue weighted by Crippen LogP contribution is -2.37. The molecule has 2 heterocycles. The normalized spacial score (nSPS) is 16.1. The Hall–Kier alpha value is -6.06. The predicted molar refractivity (Wildman–Crippen MR) is 204 cm³/mol. The lowest BCUT2D eigenvalue weighted by molar-refractivity contribution is 0.563. The van der Waals surface area contributed by atoms with Gasteiger partial charge in [0.05, 0.1) is 34.5 Å². The Morgan fingerprint density at radius 3 is 1.69 bits per heavy atom. The number of nitrogens with one attached hydrogen (secondary N) is 1. The van der Waals surface area contributed by atoms with Gasteiger partial charge >= 0.3 is 0 Å². The second-order valence-corrected chi connectivity index (χ2v) is 13.1. The van der Waals surface area contributed by atoms with Crippen molar-refractivity contribution in [1.29, 1.82) is 0 Å². The van der Waals surface area contributed by atoms with Gasteiger partial charge in [-0.2, -0.15) is 0 Å². The molecule has 0 bridgehead atoms. The zero-order valence-electron chi connectivity index (χ0n) is 26.6. The molecule has 1 aromatic heterocycles. The highest BCUT2D eigenvalue weighted by atomic mass is 15.2. The summed E-state index contributed by atoms with van der Waals surface area (Å²) in [5.41, 5.74) is 8.58. The molecule has 0 saturated carbocycles. The van der Waals surface area contributed by atoms with Crippen molar-refractivity contribution in [3.05, 3.63) is 175 Å². The third-order valence-corrected chi connectivity index (χ3v) is 10.5. The van der Waals surface area contributed by atoms with Crippen LogP contribution in [0.5, 0.6) is 0 Å². The molecule has 0 spiro atoms. The molecule has 0 radical (unpaired) electrons. The predicted octanol–water partition coefficient (Wildman–Crippen LogP) is 11.6. The first-order chi connectivity index (χ1) is 23.7. The number of nitrogens with zero attached hydrogens (tertiary/aromatic N) is 2. The zero-order chi connectivity index (χ0) is 31.8. The lowest BCUT2D eigenvalue weighted by Gasteiger charge is -2.43. The van der Waals surface area contributed by atoms with Crippen LogP contribution < -0.4 is 10.2 Å². The number of hydrogen-bond acceptors (Lipinski definition) is 2. The van der Waals surface area contributed by atoms with E-state index in [1.807, 2.05) is 0 Å². The van der Waals surface area contributed by atoms with Gasteiger partial charge in [0.1, 0.15) is 0 Å². The molecule has 48 heavy (non-hydrogen) atoms. The van der Waals surface area contributed by atoms with E-state index in [0.717, 1.165) is 11.4 Å². The van der Waals surface area contributed by atoms with Crippen LogP contribution in [0.3, 0.4) is 0 Å². The van der Waals surface area contributed by atoms with Crippen molar-refractivity contribution in [3.63, 3.8) is 0 Å². The quantitative estimate of drug-likeness (QED) is 0.213. The fourth-order valence-corrected chi connectivity index (χ4v) is 8.36. The van der Waals surface area contributed by atoms with Gasteiger partial charge < -0.3 is 14.8 Å². The van der Waals surface area contributed by atoms with E-state index in [2.05, 4.69) is 186 Å². The molecular weight excluding hydrogens is 583 g/mol. The Morgan fingerprint density at radius 1 is 0.479 bits per heavy atom. The molecular formula is C45H33N3. The molecule has 10 rings (SSSR count). The summed E-state index contributed by atoms with van der Waals surface area (Å²) in [6.07, 6.45) is 0. The zero-order valence-corrected chi connectivity index (χ0v) is 26.6. The van der Waals surface area contributed by atoms with Gasteiger partial charge in [0, 0.05) is 23.5 Å². The Morgan fingerprint density at radius 2 is 1.02 bits per heavy atom. The van der Waals surface area contributed by atoms with Gasteiger partial charge in [-0.05, 0) is 79.8 Å². The smallest absolute Gasteiger partial charge is 0.0783 e. The van der Waals surface area contributed by atoms with E-state index >= 15 is 0 Å². The molecule has 1 aliphatic rings. The molecule has 8 aromatic carbocycles. The van der Waals surface area contributed by atoms with Crippen LogP contribution in [-0.4, -0.2) is 11.6 Å². The molecule has 0 amide bonds. The van der Waals surface area contributed by atoms with E-state index in [1.54, 1.807) is 0 Å². The largest absolute Gasteiger partial charge is 0.374 e. The molecule has 0 fully saturated rings. The highest BCUT2D eigenvalue weighted by Gasteiger charge is 2.35. The number of anilines is 2. The highest BCUT2D eigenvalue weighted by Crippen LogP contribution is 2.47. The summed E-state index contributed by atoms with van der Waals surface area (Å²) in [5, 5.41) is 14.2. The van der Waals surface area contributed by atoms with Crippen molar-refractivity contribution in [2.75, 3.05) is 17.3 Å². The first kappa shape index (κ1) is 27.1. The summed E-state index contributed by atoms with van der Waals surface area (Å²) in [6.45, 7) is 0. The molecule has 1 N–H and O–H groups in total. The van der Waals surface area contributed by atoms with Gasteiger partial charge in [-0.25, -0.2) is 0 Å². The molecule has 3 heteroatoms. The third-order valence-electron chi connectivity index (χ3n) is 10.5. The van der Waals surface area contributed by atoms with Gasteiger partial charge in [-0.1, -0.05) is 127 Å². The maximum atomic E-state index is 3.96. The molecule has 3 nitrogen and oxygen atoms in total. The maximum absolute atomic E-state index is 3.96. The summed E-state index contributed by atoms with van der Waals surface area (Å²) in [5.74, 6) is 0. The number of aromatic nitrogens is 1. The summed E-state index contributed by atoms with van der Waals surface area (Å²) in [6, 6.07) is 60.2. The Balaban J connectivity index is 1.17. The molecule has 0 saturated heterocycles. The average molecular weight is 616 g/mol. The van der Waals surface area contributed by atoms with E-state index in [9.17, 15) is 0 Å². The average Bonchev–Trinajstić information content (AvgIpc) is 3.50. The highest BCUT2D eigenvalue weighted by molar-refractivity contribution is 6.28. The van der Waals surface area contributed by atoms with Crippen LogP contribution in [0.25, 0.3) is 59.8 Å². The van der Waals surface area contributed by atoms with Crippen LogP contribution >= 0.6 is 0 Å². The van der Waals surface area contributed by atoms with Crippen LogP contribution in [-0.2, 0) is 0 Å². The lowest BCUT2D eigenvalue weighted by atomic mass is 9.87. The molecule has 2 unspecified atom stereocenters. The fourth-order valence-electron chi connectivity index (χ4n) is 8.36. The number of hydrogen-bond donors (Lipinski definition) is 1.